The average Bonchev–Trinajstić information content (AvgIpc) is 2.29. The zero-order valence-electron chi connectivity index (χ0n) is 9.27. The molecule has 1 aliphatic rings. The Morgan fingerprint density at radius 3 is 2.75 bits per heavy atom. The summed E-state index contributed by atoms with van der Waals surface area (Å²) in [7, 11) is 0. The van der Waals surface area contributed by atoms with Crippen molar-refractivity contribution in [1.29, 1.82) is 0 Å². The van der Waals surface area contributed by atoms with Crippen molar-refractivity contribution in [3.63, 3.8) is 0 Å². The van der Waals surface area contributed by atoms with Crippen LogP contribution < -0.4 is 10.6 Å². The minimum atomic E-state index is 0.417. The number of aromatic nitrogens is 1. The van der Waals surface area contributed by atoms with Crippen LogP contribution in [0.15, 0.2) is 12.1 Å². The molecule has 2 N–H and O–H groups in total. The number of nitrogens with two attached hydrogens (primary N) is 1. The lowest BCUT2D eigenvalue weighted by Gasteiger charge is -2.28. The first-order valence-electron chi connectivity index (χ1n) is 5.28. The van der Waals surface area contributed by atoms with Crippen LogP contribution in [0.1, 0.15) is 11.3 Å². The van der Waals surface area contributed by atoms with E-state index in [4.69, 9.17) is 22.7 Å². The minimum Gasteiger partial charge on any atom is -0.389 e. The number of rotatable bonds is 2. The van der Waals surface area contributed by atoms with Gasteiger partial charge in [0.2, 0.25) is 0 Å². The van der Waals surface area contributed by atoms with E-state index in [-0.39, 0.29) is 0 Å². The quantitative estimate of drug-likeness (QED) is 0.773. The number of morpholine rings is 1. The summed E-state index contributed by atoms with van der Waals surface area (Å²) in [6.45, 7) is 5.18. The second-order valence-corrected chi connectivity index (χ2v) is 4.26. The molecule has 0 aliphatic carbocycles. The normalized spacial score (nSPS) is 16.2. The smallest absolute Gasteiger partial charge is 0.129 e. The highest BCUT2D eigenvalue weighted by molar-refractivity contribution is 7.80. The summed E-state index contributed by atoms with van der Waals surface area (Å²) in [5.74, 6) is 0.936. The number of nitrogens with zero attached hydrogens (tertiary/aromatic N) is 2. The van der Waals surface area contributed by atoms with Gasteiger partial charge in [0.15, 0.2) is 0 Å². The van der Waals surface area contributed by atoms with E-state index in [1.54, 1.807) is 0 Å². The van der Waals surface area contributed by atoms with Crippen LogP contribution in [0.25, 0.3) is 0 Å². The van der Waals surface area contributed by atoms with Crippen molar-refractivity contribution in [3.05, 3.63) is 23.4 Å². The summed E-state index contributed by atoms with van der Waals surface area (Å²) in [5.41, 5.74) is 7.46. The SMILES string of the molecule is Cc1cc(C(N)=S)cc(N2CCOCC2)n1. The van der Waals surface area contributed by atoms with E-state index in [2.05, 4.69) is 9.88 Å². The molecule has 1 aromatic rings. The minimum absolute atomic E-state index is 0.417. The predicted octanol–water partition coefficient (Wildman–Crippen LogP) is 0.861. The van der Waals surface area contributed by atoms with Gasteiger partial charge < -0.3 is 15.4 Å². The molecule has 1 fully saturated rings. The average molecular weight is 237 g/mol. The molecule has 0 atom stereocenters. The van der Waals surface area contributed by atoms with Crippen molar-refractivity contribution >= 4 is 23.0 Å². The zero-order chi connectivity index (χ0) is 11.5. The fraction of sp³-hybridized carbons (Fsp3) is 0.455. The van der Waals surface area contributed by atoms with Gasteiger partial charge in [-0.05, 0) is 19.1 Å². The third-order valence-electron chi connectivity index (χ3n) is 2.56. The van der Waals surface area contributed by atoms with E-state index in [0.717, 1.165) is 43.4 Å². The van der Waals surface area contributed by atoms with Crippen molar-refractivity contribution in [2.24, 2.45) is 5.73 Å². The Morgan fingerprint density at radius 2 is 2.12 bits per heavy atom. The van der Waals surface area contributed by atoms with Crippen LogP contribution in [-0.4, -0.2) is 36.3 Å². The second kappa shape index (κ2) is 4.76. The summed E-state index contributed by atoms with van der Waals surface area (Å²) in [4.78, 5) is 7.10. The van der Waals surface area contributed by atoms with Gasteiger partial charge in [0.1, 0.15) is 10.8 Å². The molecule has 0 bridgehead atoms. The molecule has 0 spiro atoms. The van der Waals surface area contributed by atoms with Crippen molar-refractivity contribution < 1.29 is 4.74 Å². The van der Waals surface area contributed by atoms with Gasteiger partial charge in [-0.1, -0.05) is 12.2 Å². The number of hydrogen-bond acceptors (Lipinski definition) is 4. The first kappa shape index (κ1) is 11.3. The highest BCUT2D eigenvalue weighted by Gasteiger charge is 2.13. The Balaban J connectivity index is 2.28. The van der Waals surface area contributed by atoms with Crippen LogP contribution >= 0.6 is 12.2 Å². The molecule has 0 amide bonds. The van der Waals surface area contributed by atoms with Crippen LogP contribution in [0.4, 0.5) is 5.82 Å². The van der Waals surface area contributed by atoms with Crippen molar-refractivity contribution in [2.75, 3.05) is 31.2 Å². The fourth-order valence-electron chi connectivity index (χ4n) is 1.75. The van der Waals surface area contributed by atoms with Gasteiger partial charge in [-0.25, -0.2) is 4.98 Å². The van der Waals surface area contributed by atoms with Crippen LogP contribution in [0.5, 0.6) is 0 Å². The first-order valence-corrected chi connectivity index (χ1v) is 5.69. The number of anilines is 1. The number of hydrogen-bond donors (Lipinski definition) is 1. The van der Waals surface area contributed by atoms with Gasteiger partial charge in [-0.3, -0.25) is 0 Å². The lowest BCUT2D eigenvalue weighted by atomic mass is 10.2. The maximum absolute atomic E-state index is 5.64. The molecule has 16 heavy (non-hydrogen) atoms. The van der Waals surface area contributed by atoms with Gasteiger partial charge in [0, 0.05) is 24.3 Å². The molecule has 2 rings (SSSR count). The van der Waals surface area contributed by atoms with E-state index in [1.165, 1.54) is 0 Å². The predicted molar refractivity (Wildman–Crippen MR) is 67.9 cm³/mol. The maximum atomic E-state index is 5.64. The number of pyridine rings is 1. The molecule has 86 valence electrons. The van der Waals surface area contributed by atoms with E-state index >= 15 is 0 Å². The van der Waals surface area contributed by atoms with Gasteiger partial charge in [0.25, 0.3) is 0 Å². The summed E-state index contributed by atoms with van der Waals surface area (Å²) in [6, 6.07) is 3.85. The van der Waals surface area contributed by atoms with Crippen LogP contribution in [0, 0.1) is 6.92 Å². The van der Waals surface area contributed by atoms with Gasteiger partial charge in [0.05, 0.1) is 13.2 Å². The summed E-state index contributed by atoms with van der Waals surface area (Å²) < 4.78 is 5.31. The van der Waals surface area contributed by atoms with Crippen LogP contribution in [0.3, 0.4) is 0 Å². The third-order valence-corrected chi connectivity index (χ3v) is 2.80. The maximum Gasteiger partial charge on any atom is 0.129 e. The summed E-state index contributed by atoms with van der Waals surface area (Å²) >= 11 is 4.99. The molecule has 0 saturated carbocycles. The largest absolute Gasteiger partial charge is 0.389 e. The molecule has 4 nitrogen and oxygen atoms in total. The Morgan fingerprint density at radius 1 is 1.44 bits per heavy atom. The third kappa shape index (κ3) is 2.48. The zero-order valence-corrected chi connectivity index (χ0v) is 10.1. The molecule has 1 aromatic heterocycles. The topological polar surface area (TPSA) is 51.4 Å². The van der Waals surface area contributed by atoms with Crippen molar-refractivity contribution in [1.82, 2.24) is 4.98 Å². The van der Waals surface area contributed by atoms with Crippen LogP contribution in [0.2, 0.25) is 0 Å². The standard InChI is InChI=1S/C11H15N3OS/c1-8-6-9(11(12)16)7-10(13-8)14-2-4-15-5-3-14/h6-7H,2-5H2,1H3,(H2,12,16). The fourth-order valence-corrected chi connectivity index (χ4v) is 1.87. The number of thiocarbonyl (C=S) groups is 1. The Labute approximate surface area is 100 Å². The monoisotopic (exact) mass is 237 g/mol. The number of aryl methyl sites for hydroxylation is 1. The lowest BCUT2D eigenvalue weighted by Crippen LogP contribution is -2.37. The molecular formula is C11H15N3OS. The van der Waals surface area contributed by atoms with E-state index < -0.39 is 0 Å². The lowest BCUT2D eigenvalue weighted by molar-refractivity contribution is 0.122. The highest BCUT2D eigenvalue weighted by Crippen LogP contribution is 2.16. The summed E-state index contributed by atoms with van der Waals surface area (Å²) in [6.07, 6.45) is 0. The van der Waals surface area contributed by atoms with Gasteiger partial charge in [-0.2, -0.15) is 0 Å². The molecule has 0 aromatic carbocycles. The van der Waals surface area contributed by atoms with Gasteiger partial charge >= 0.3 is 0 Å². The molecule has 0 unspecified atom stereocenters. The first-order chi connectivity index (χ1) is 7.66. The molecular weight excluding hydrogens is 222 g/mol. The highest BCUT2D eigenvalue weighted by atomic mass is 32.1. The van der Waals surface area contributed by atoms with Crippen molar-refractivity contribution in [3.8, 4) is 0 Å². The Bertz CT molecular complexity index is 402. The second-order valence-electron chi connectivity index (χ2n) is 3.82. The molecule has 1 aliphatic heterocycles. The van der Waals surface area contributed by atoms with Gasteiger partial charge in [-0.15, -0.1) is 0 Å². The molecule has 0 radical (unpaired) electrons. The van der Waals surface area contributed by atoms with Crippen molar-refractivity contribution in [2.45, 2.75) is 6.92 Å². The number of ether oxygens (including phenoxy) is 1. The Kier molecular flexibility index (Phi) is 3.36. The Hall–Kier alpha value is -1.20. The summed E-state index contributed by atoms with van der Waals surface area (Å²) in [5, 5.41) is 0. The van der Waals surface area contributed by atoms with Crippen LogP contribution in [-0.2, 0) is 4.74 Å². The van der Waals surface area contributed by atoms with E-state index in [9.17, 15) is 0 Å². The molecule has 1 saturated heterocycles. The van der Waals surface area contributed by atoms with E-state index in [1.807, 2.05) is 19.1 Å². The molecule has 5 heteroatoms. The van der Waals surface area contributed by atoms with E-state index in [0.29, 0.717) is 4.99 Å². The molecule has 2 heterocycles.